The summed E-state index contributed by atoms with van der Waals surface area (Å²) < 4.78 is 6.10. The number of rotatable bonds is 4. The molecule has 29 heavy (non-hydrogen) atoms. The van der Waals surface area contributed by atoms with Gasteiger partial charge in [0.15, 0.2) is 0 Å². The number of pyridine rings is 1. The van der Waals surface area contributed by atoms with Crippen LogP contribution in [0.15, 0.2) is 59.1 Å². The number of aromatic nitrogens is 3. The largest absolute Gasteiger partial charge is 0.418 e. The van der Waals surface area contributed by atoms with Crippen molar-refractivity contribution in [1.82, 2.24) is 20.1 Å². The van der Waals surface area contributed by atoms with Gasteiger partial charge >= 0.3 is 0 Å². The second-order valence-corrected chi connectivity index (χ2v) is 8.02. The lowest BCUT2D eigenvalue weighted by Gasteiger charge is -2.21. The van der Waals surface area contributed by atoms with Gasteiger partial charge in [0, 0.05) is 18.1 Å². The SMILES string of the molecule is Clc1ccc(CN2CCC[C@H]2c2nnc(-c3nccc4ccccc34)o2)cc1Cl. The standard InChI is InChI=1S/C22H18Cl2N4O/c23-17-8-7-14(12-18(17)24)13-28-11-3-6-19(28)21-26-27-22(29-21)20-16-5-2-1-4-15(16)9-10-25-20/h1-2,4-5,7-10,12,19H,3,6,11,13H2/t19-/m0/s1. The Balaban J connectivity index is 1.42. The van der Waals surface area contributed by atoms with E-state index in [9.17, 15) is 0 Å². The number of hydrogen-bond donors (Lipinski definition) is 0. The molecule has 0 radical (unpaired) electrons. The van der Waals surface area contributed by atoms with Crippen molar-refractivity contribution < 1.29 is 4.42 Å². The molecule has 0 unspecified atom stereocenters. The summed E-state index contributed by atoms with van der Waals surface area (Å²) in [6.45, 7) is 1.72. The van der Waals surface area contributed by atoms with Crippen LogP contribution in [0.25, 0.3) is 22.4 Å². The summed E-state index contributed by atoms with van der Waals surface area (Å²) in [6.07, 6.45) is 3.83. The summed E-state index contributed by atoms with van der Waals surface area (Å²) >= 11 is 12.2. The Morgan fingerprint density at radius 2 is 1.93 bits per heavy atom. The predicted octanol–water partition coefficient (Wildman–Crippen LogP) is 5.93. The van der Waals surface area contributed by atoms with Crippen LogP contribution in [0.4, 0.5) is 0 Å². The molecule has 1 atom stereocenters. The van der Waals surface area contributed by atoms with Gasteiger partial charge in [0.25, 0.3) is 5.89 Å². The van der Waals surface area contributed by atoms with Crippen molar-refractivity contribution in [2.45, 2.75) is 25.4 Å². The number of hydrogen-bond acceptors (Lipinski definition) is 5. The van der Waals surface area contributed by atoms with E-state index in [0.717, 1.165) is 48.0 Å². The molecule has 0 amide bonds. The minimum absolute atomic E-state index is 0.0840. The Morgan fingerprint density at radius 1 is 1.03 bits per heavy atom. The fourth-order valence-electron chi connectivity index (χ4n) is 3.92. The average Bonchev–Trinajstić information content (AvgIpc) is 3.40. The van der Waals surface area contributed by atoms with E-state index in [0.29, 0.717) is 21.8 Å². The van der Waals surface area contributed by atoms with Gasteiger partial charge in [0.05, 0.1) is 16.1 Å². The first kappa shape index (κ1) is 18.6. The number of benzene rings is 2. The molecule has 1 saturated heterocycles. The molecule has 146 valence electrons. The van der Waals surface area contributed by atoms with Crippen molar-refractivity contribution in [2.24, 2.45) is 0 Å². The first-order chi connectivity index (χ1) is 14.2. The van der Waals surface area contributed by atoms with E-state index in [-0.39, 0.29) is 6.04 Å². The molecule has 1 fully saturated rings. The minimum atomic E-state index is 0.0840. The summed E-state index contributed by atoms with van der Waals surface area (Å²) in [5, 5.41) is 11.9. The van der Waals surface area contributed by atoms with Gasteiger partial charge in [-0.05, 0) is 48.5 Å². The van der Waals surface area contributed by atoms with Gasteiger partial charge < -0.3 is 4.42 Å². The van der Waals surface area contributed by atoms with Crippen LogP contribution in [0, 0.1) is 0 Å². The number of nitrogens with zero attached hydrogens (tertiary/aromatic N) is 4. The molecule has 1 aliphatic heterocycles. The fraction of sp³-hybridized carbons (Fsp3) is 0.227. The van der Waals surface area contributed by atoms with Gasteiger partial charge in [0.2, 0.25) is 5.89 Å². The summed E-state index contributed by atoms with van der Waals surface area (Å²) in [5.74, 6) is 1.09. The highest BCUT2D eigenvalue weighted by Crippen LogP contribution is 2.35. The molecule has 4 aromatic rings. The Bertz CT molecular complexity index is 1170. The van der Waals surface area contributed by atoms with E-state index in [1.807, 2.05) is 48.5 Å². The van der Waals surface area contributed by atoms with Crippen molar-refractivity contribution in [3.63, 3.8) is 0 Å². The van der Waals surface area contributed by atoms with E-state index in [4.69, 9.17) is 27.6 Å². The van der Waals surface area contributed by atoms with E-state index in [1.165, 1.54) is 0 Å². The van der Waals surface area contributed by atoms with Crippen LogP contribution in [-0.2, 0) is 6.54 Å². The Hall–Kier alpha value is -2.47. The molecule has 5 nitrogen and oxygen atoms in total. The molecule has 0 bridgehead atoms. The molecular formula is C22H18Cl2N4O. The monoisotopic (exact) mass is 424 g/mol. The van der Waals surface area contributed by atoms with Gasteiger partial charge in [-0.1, -0.05) is 53.5 Å². The molecule has 0 N–H and O–H groups in total. The lowest BCUT2D eigenvalue weighted by molar-refractivity contribution is 0.215. The smallest absolute Gasteiger partial charge is 0.266 e. The van der Waals surface area contributed by atoms with Crippen molar-refractivity contribution >= 4 is 34.0 Å². The zero-order chi connectivity index (χ0) is 19.8. The number of halogens is 2. The fourth-order valence-corrected chi connectivity index (χ4v) is 4.24. The van der Waals surface area contributed by atoms with Crippen LogP contribution in [-0.4, -0.2) is 26.6 Å². The van der Waals surface area contributed by atoms with Crippen molar-refractivity contribution in [2.75, 3.05) is 6.54 Å². The minimum Gasteiger partial charge on any atom is -0.418 e. The van der Waals surface area contributed by atoms with Crippen molar-refractivity contribution in [1.29, 1.82) is 0 Å². The van der Waals surface area contributed by atoms with Gasteiger partial charge in [-0.3, -0.25) is 9.88 Å². The van der Waals surface area contributed by atoms with Crippen LogP contribution in [0.5, 0.6) is 0 Å². The van der Waals surface area contributed by atoms with Crippen LogP contribution < -0.4 is 0 Å². The van der Waals surface area contributed by atoms with E-state index < -0.39 is 0 Å². The second kappa shape index (κ2) is 7.75. The highest BCUT2D eigenvalue weighted by molar-refractivity contribution is 6.42. The summed E-state index contributed by atoms with van der Waals surface area (Å²) in [5.41, 5.74) is 1.83. The molecule has 1 aliphatic rings. The third-order valence-corrected chi connectivity index (χ3v) is 6.07. The molecule has 0 saturated carbocycles. The molecule has 0 spiro atoms. The van der Waals surface area contributed by atoms with Gasteiger partial charge in [-0.15, -0.1) is 10.2 Å². The molecule has 2 aromatic heterocycles. The van der Waals surface area contributed by atoms with Crippen molar-refractivity contribution in [3.05, 3.63) is 76.2 Å². The first-order valence-electron chi connectivity index (χ1n) is 9.54. The number of likely N-dealkylation sites (tertiary alicyclic amines) is 1. The van der Waals surface area contributed by atoms with Crippen LogP contribution in [0.2, 0.25) is 10.0 Å². The normalized spacial score (nSPS) is 17.2. The topological polar surface area (TPSA) is 55.1 Å². The lowest BCUT2D eigenvalue weighted by atomic mass is 10.1. The van der Waals surface area contributed by atoms with E-state index in [1.54, 1.807) is 6.20 Å². The molecule has 7 heteroatoms. The molecular weight excluding hydrogens is 407 g/mol. The molecule has 0 aliphatic carbocycles. The molecule has 2 aromatic carbocycles. The lowest BCUT2D eigenvalue weighted by Crippen LogP contribution is -2.23. The Morgan fingerprint density at radius 3 is 2.83 bits per heavy atom. The summed E-state index contributed by atoms with van der Waals surface area (Å²) in [7, 11) is 0. The van der Waals surface area contributed by atoms with Crippen LogP contribution in [0.1, 0.15) is 30.3 Å². The average molecular weight is 425 g/mol. The van der Waals surface area contributed by atoms with E-state index in [2.05, 4.69) is 20.1 Å². The second-order valence-electron chi connectivity index (χ2n) is 7.20. The summed E-state index contributed by atoms with van der Waals surface area (Å²) in [4.78, 5) is 6.83. The highest BCUT2D eigenvalue weighted by atomic mass is 35.5. The van der Waals surface area contributed by atoms with E-state index >= 15 is 0 Å². The van der Waals surface area contributed by atoms with Crippen LogP contribution in [0.3, 0.4) is 0 Å². The zero-order valence-corrected chi connectivity index (χ0v) is 17.1. The van der Waals surface area contributed by atoms with Crippen LogP contribution >= 0.6 is 23.2 Å². The third kappa shape index (κ3) is 3.62. The molecule has 3 heterocycles. The van der Waals surface area contributed by atoms with Crippen molar-refractivity contribution in [3.8, 4) is 11.6 Å². The Labute approximate surface area is 178 Å². The van der Waals surface area contributed by atoms with Gasteiger partial charge in [-0.25, -0.2) is 0 Å². The van der Waals surface area contributed by atoms with Gasteiger partial charge in [-0.2, -0.15) is 0 Å². The zero-order valence-electron chi connectivity index (χ0n) is 15.6. The first-order valence-corrected chi connectivity index (χ1v) is 10.3. The summed E-state index contributed by atoms with van der Waals surface area (Å²) in [6, 6.07) is 15.9. The molecule has 5 rings (SSSR count). The predicted molar refractivity (Wildman–Crippen MR) is 114 cm³/mol. The Kier molecular flexibility index (Phi) is 4.96. The maximum absolute atomic E-state index is 6.17. The highest BCUT2D eigenvalue weighted by Gasteiger charge is 2.31. The maximum atomic E-state index is 6.17. The third-order valence-electron chi connectivity index (χ3n) is 5.34. The maximum Gasteiger partial charge on any atom is 0.266 e. The number of fused-ring (bicyclic) bond motifs is 1. The quantitative estimate of drug-likeness (QED) is 0.406. The van der Waals surface area contributed by atoms with Gasteiger partial charge in [0.1, 0.15) is 5.69 Å².